The Balaban J connectivity index is 1.43. The third kappa shape index (κ3) is 4.78. The second-order valence-electron chi connectivity index (χ2n) is 7.68. The van der Waals surface area contributed by atoms with Gasteiger partial charge < -0.3 is 10.1 Å². The fourth-order valence-electron chi connectivity index (χ4n) is 3.45. The van der Waals surface area contributed by atoms with Crippen molar-refractivity contribution in [2.45, 2.75) is 33.1 Å². The van der Waals surface area contributed by atoms with Gasteiger partial charge in [0.05, 0.1) is 10.2 Å². The zero-order chi connectivity index (χ0) is 21.8. The molecule has 1 heterocycles. The van der Waals surface area contributed by atoms with Gasteiger partial charge in [-0.25, -0.2) is 4.98 Å². The normalized spacial score (nSPS) is 12.0. The molecule has 4 rings (SSSR count). The third-order valence-electron chi connectivity index (χ3n) is 5.56. The second kappa shape index (κ2) is 9.31. The minimum Gasteiger partial charge on any atom is -0.484 e. The summed E-state index contributed by atoms with van der Waals surface area (Å²) in [5.41, 5.74) is 5.07. The molecule has 1 unspecified atom stereocenters. The molecular weight excluding hydrogens is 404 g/mol. The second-order valence-corrected chi connectivity index (χ2v) is 8.71. The van der Waals surface area contributed by atoms with Gasteiger partial charge in [0.1, 0.15) is 10.8 Å². The molecule has 4 nitrogen and oxygen atoms in total. The molecule has 0 fully saturated rings. The number of nitrogens with one attached hydrogen (secondary N) is 1. The largest absolute Gasteiger partial charge is 0.484 e. The van der Waals surface area contributed by atoms with Crippen molar-refractivity contribution in [1.82, 2.24) is 4.98 Å². The molecule has 0 spiro atoms. The summed E-state index contributed by atoms with van der Waals surface area (Å²) < 4.78 is 6.83. The van der Waals surface area contributed by atoms with Crippen LogP contribution in [0.15, 0.2) is 66.7 Å². The molecule has 1 atom stereocenters. The van der Waals surface area contributed by atoms with Gasteiger partial charge in [0.2, 0.25) is 0 Å². The SMILES string of the molecule is CCC(C)c1ccc(OCC(=O)Nc2cccc(-c3nc4ccccc4s3)c2C)cc1. The van der Waals surface area contributed by atoms with E-state index in [0.717, 1.165) is 38.5 Å². The van der Waals surface area contributed by atoms with E-state index in [2.05, 4.69) is 37.4 Å². The van der Waals surface area contributed by atoms with E-state index in [1.165, 1.54) is 5.56 Å². The molecule has 0 radical (unpaired) electrons. The standard InChI is InChI=1S/C26H26N2O2S/c1-4-17(2)19-12-14-20(15-13-19)30-16-25(29)27-22-10-7-8-21(18(22)3)26-28-23-9-5-6-11-24(23)31-26/h5-15,17H,4,16H2,1-3H3,(H,27,29). The molecule has 0 aliphatic carbocycles. The molecule has 1 aromatic heterocycles. The maximum atomic E-state index is 12.5. The van der Waals surface area contributed by atoms with Crippen molar-refractivity contribution >= 4 is 33.1 Å². The number of thiazole rings is 1. The molecule has 0 bridgehead atoms. The van der Waals surface area contributed by atoms with Crippen molar-refractivity contribution in [3.63, 3.8) is 0 Å². The molecule has 158 valence electrons. The van der Waals surface area contributed by atoms with Crippen LogP contribution in [0.3, 0.4) is 0 Å². The first-order valence-electron chi connectivity index (χ1n) is 10.5. The number of ether oxygens (including phenoxy) is 1. The number of nitrogens with zero attached hydrogens (tertiary/aromatic N) is 1. The summed E-state index contributed by atoms with van der Waals surface area (Å²) in [7, 11) is 0. The number of amides is 1. The summed E-state index contributed by atoms with van der Waals surface area (Å²) >= 11 is 1.66. The van der Waals surface area contributed by atoms with Crippen molar-refractivity contribution in [1.29, 1.82) is 0 Å². The lowest BCUT2D eigenvalue weighted by Gasteiger charge is -2.13. The van der Waals surface area contributed by atoms with Gasteiger partial charge in [0.15, 0.2) is 6.61 Å². The van der Waals surface area contributed by atoms with Crippen LogP contribution in [0.5, 0.6) is 5.75 Å². The van der Waals surface area contributed by atoms with Gasteiger partial charge in [-0.2, -0.15) is 0 Å². The number of benzene rings is 3. The number of para-hydroxylation sites is 1. The predicted molar refractivity (Wildman–Crippen MR) is 129 cm³/mol. The number of rotatable bonds is 7. The van der Waals surface area contributed by atoms with Gasteiger partial charge in [-0.15, -0.1) is 11.3 Å². The first-order valence-corrected chi connectivity index (χ1v) is 11.3. The lowest BCUT2D eigenvalue weighted by molar-refractivity contribution is -0.118. The zero-order valence-electron chi connectivity index (χ0n) is 18.0. The van der Waals surface area contributed by atoms with E-state index in [1.54, 1.807) is 11.3 Å². The minimum atomic E-state index is -0.185. The molecule has 4 aromatic rings. The lowest BCUT2D eigenvalue weighted by atomic mass is 9.99. The maximum Gasteiger partial charge on any atom is 0.262 e. The van der Waals surface area contributed by atoms with E-state index in [1.807, 2.05) is 55.5 Å². The van der Waals surface area contributed by atoms with Crippen LogP contribution in [0, 0.1) is 6.92 Å². The van der Waals surface area contributed by atoms with Crippen molar-refractivity contribution in [3.05, 3.63) is 77.9 Å². The van der Waals surface area contributed by atoms with Crippen molar-refractivity contribution in [2.75, 3.05) is 11.9 Å². The van der Waals surface area contributed by atoms with Crippen LogP contribution in [0.2, 0.25) is 0 Å². The zero-order valence-corrected chi connectivity index (χ0v) is 18.8. The first-order chi connectivity index (χ1) is 15.0. The summed E-state index contributed by atoms with van der Waals surface area (Å²) in [5, 5.41) is 3.93. The number of fused-ring (bicyclic) bond motifs is 1. The molecule has 0 aliphatic heterocycles. The highest BCUT2D eigenvalue weighted by Crippen LogP contribution is 2.34. The van der Waals surface area contributed by atoms with Crippen LogP contribution in [-0.2, 0) is 4.79 Å². The Morgan fingerprint density at radius 2 is 1.84 bits per heavy atom. The van der Waals surface area contributed by atoms with Crippen LogP contribution in [0.4, 0.5) is 5.69 Å². The average Bonchev–Trinajstić information content (AvgIpc) is 3.23. The van der Waals surface area contributed by atoms with Gasteiger partial charge in [-0.1, -0.05) is 50.2 Å². The van der Waals surface area contributed by atoms with Crippen molar-refractivity contribution in [3.8, 4) is 16.3 Å². The van der Waals surface area contributed by atoms with Crippen LogP contribution in [0.25, 0.3) is 20.8 Å². The summed E-state index contributed by atoms with van der Waals surface area (Å²) in [6.07, 6.45) is 1.10. The highest BCUT2D eigenvalue weighted by atomic mass is 32.1. The number of hydrogen-bond acceptors (Lipinski definition) is 4. The van der Waals surface area contributed by atoms with Gasteiger partial charge in [0.25, 0.3) is 5.91 Å². The van der Waals surface area contributed by atoms with E-state index < -0.39 is 0 Å². The summed E-state index contributed by atoms with van der Waals surface area (Å²) in [6, 6.07) is 22.0. The summed E-state index contributed by atoms with van der Waals surface area (Å²) in [6.45, 7) is 6.35. The Morgan fingerprint density at radius 1 is 1.06 bits per heavy atom. The molecular formula is C26H26N2O2S. The van der Waals surface area contributed by atoms with E-state index in [9.17, 15) is 4.79 Å². The highest BCUT2D eigenvalue weighted by molar-refractivity contribution is 7.21. The molecule has 1 amide bonds. The lowest BCUT2D eigenvalue weighted by Crippen LogP contribution is -2.20. The van der Waals surface area contributed by atoms with E-state index >= 15 is 0 Å². The maximum absolute atomic E-state index is 12.5. The topological polar surface area (TPSA) is 51.2 Å². The highest BCUT2D eigenvalue weighted by Gasteiger charge is 2.13. The molecule has 0 aliphatic rings. The molecule has 0 saturated heterocycles. The van der Waals surface area contributed by atoms with Gasteiger partial charge in [-0.05, 0) is 60.7 Å². The number of carbonyl (C=O) groups is 1. The van der Waals surface area contributed by atoms with Crippen LogP contribution in [0.1, 0.15) is 37.3 Å². The van der Waals surface area contributed by atoms with Crippen molar-refractivity contribution in [2.24, 2.45) is 0 Å². The smallest absolute Gasteiger partial charge is 0.262 e. The number of anilines is 1. The van der Waals surface area contributed by atoms with Crippen LogP contribution in [-0.4, -0.2) is 17.5 Å². The Bertz CT molecular complexity index is 1160. The van der Waals surface area contributed by atoms with Gasteiger partial charge in [-0.3, -0.25) is 4.79 Å². The fraction of sp³-hybridized carbons (Fsp3) is 0.231. The Kier molecular flexibility index (Phi) is 6.33. The fourth-order valence-corrected chi connectivity index (χ4v) is 4.50. The van der Waals surface area contributed by atoms with E-state index in [4.69, 9.17) is 9.72 Å². The summed E-state index contributed by atoms with van der Waals surface area (Å²) in [5.74, 6) is 1.03. The van der Waals surface area contributed by atoms with Crippen molar-refractivity contribution < 1.29 is 9.53 Å². The average molecular weight is 431 g/mol. The number of hydrogen-bond donors (Lipinski definition) is 1. The predicted octanol–water partition coefficient (Wildman–Crippen LogP) is 6.80. The number of carbonyl (C=O) groups excluding carboxylic acids is 1. The molecule has 31 heavy (non-hydrogen) atoms. The molecule has 0 saturated carbocycles. The molecule has 5 heteroatoms. The van der Waals surface area contributed by atoms with Gasteiger partial charge >= 0.3 is 0 Å². The summed E-state index contributed by atoms with van der Waals surface area (Å²) in [4.78, 5) is 17.2. The van der Waals surface area contributed by atoms with E-state index in [0.29, 0.717) is 11.7 Å². The monoisotopic (exact) mass is 430 g/mol. The third-order valence-corrected chi connectivity index (χ3v) is 6.63. The Labute approximate surface area is 186 Å². The number of aromatic nitrogens is 1. The molecule has 3 aromatic carbocycles. The van der Waals surface area contributed by atoms with Gasteiger partial charge in [0, 0.05) is 11.3 Å². The van der Waals surface area contributed by atoms with Crippen LogP contribution < -0.4 is 10.1 Å². The first kappa shape index (κ1) is 21.1. The Hall–Kier alpha value is -3.18. The van der Waals surface area contributed by atoms with E-state index in [-0.39, 0.29) is 12.5 Å². The molecule has 1 N–H and O–H groups in total. The Morgan fingerprint density at radius 3 is 2.58 bits per heavy atom. The minimum absolute atomic E-state index is 0.0342. The van der Waals surface area contributed by atoms with Crippen LogP contribution >= 0.6 is 11.3 Å². The quantitative estimate of drug-likeness (QED) is 0.351.